The summed E-state index contributed by atoms with van der Waals surface area (Å²) in [6.07, 6.45) is 9.47. The molecule has 1 saturated carbocycles. The van der Waals surface area contributed by atoms with Crippen molar-refractivity contribution in [2.24, 2.45) is 5.92 Å². The molecular weight excluding hydrogens is 324 g/mol. The number of nitrogens with zero attached hydrogens (tertiary/aromatic N) is 2. The van der Waals surface area contributed by atoms with Gasteiger partial charge >= 0.3 is 0 Å². The lowest BCUT2D eigenvalue weighted by Gasteiger charge is -2.47. The minimum atomic E-state index is -0.533. The minimum absolute atomic E-state index is 0.0193. The van der Waals surface area contributed by atoms with E-state index in [0.29, 0.717) is 19.5 Å². The van der Waals surface area contributed by atoms with Crippen LogP contribution < -0.4 is 0 Å². The van der Waals surface area contributed by atoms with Crippen molar-refractivity contribution >= 4 is 5.91 Å². The molecule has 1 amide bonds. The fourth-order valence-corrected chi connectivity index (χ4v) is 4.72. The Kier molecular flexibility index (Phi) is 4.86. The number of aliphatic hydroxyl groups is 1. The standard InChI is InChI=1S/C22H28N2O2/c25-21(24-15-12-22(26)11-5-4-10-19(22)17-24)16-20(23-13-6-7-14-23)18-8-2-1-3-9-18/h1-3,6-9,13-14,19-20,26H,4-5,10-12,15-17H2/t19-,20-,22-/m1/s1. The molecule has 1 aliphatic carbocycles. The molecular formula is C22H28N2O2. The van der Waals surface area contributed by atoms with E-state index in [2.05, 4.69) is 16.7 Å². The molecule has 1 aromatic heterocycles. The van der Waals surface area contributed by atoms with Crippen molar-refractivity contribution in [2.45, 2.75) is 50.2 Å². The average molecular weight is 352 g/mol. The van der Waals surface area contributed by atoms with Crippen LogP contribution in [-0.2, 0) is 4.79 Å². The Hall–Kier alpha value is -2.07. The van der Waals surface area contributed by atoms with Gasteiger partial charge in [-0.1, -0.05) is 43.2 Å². The molecule has 3 atom stereocenters. The molecule has 4 rings (SSSR count). The normalized spacial score (nSPS) is 27.0. The Morgan fingerprint density at radius 1 is 1.12 bits per heavy atom. The smallest absolute Gasteiger partial charge is 0.225 e. The summed E-state index contributed by atoms with van der Waals surface area (Å²) in [6, 6.07) is 14.3. The van der Waals surface area contributed by atoms with Gasteiger partial charge in [0.15, 0.2) is 0 Å². The molecule has 138 valence electrons. The van der Waals surface area contributed by atoms with Crippen LogP contribution in [0, 0.1) is 5.92 Å². The van der Waals surface area contributed by atoms with E-state index < -0.39 is 5.60 Å². The molecule has 0 bridgehead atoms. The Morgan fingerprint density at radius 3 is 2.65 bits per heavy atom. The maximum atomic E-state index is 13.1. The summed E-state index contributed by atoms with van der Waals surface area (Å²) in [4.78, 5) is 15.1. The summed E-state index contributed by atoms with van der Waals surface area (Å²) in [6.45, 7) is 1.39. The molecule has 1 saturated heterocycles. The van der Waals surface area contributed by atoms with Crippen LogP contribution in [0.25, 0.3) is 0 Å². The van der Waals surface area contributed by atoms with Gasteiger partial charge in [-0.25, -0.2) is 0 Å². The van der Waals surface area contributed by atoms with Crippen molar-refractivity contribution in [3.8, 4) is 0 Å². The van der Waals surface area contributed by atoms with Gasteiger partial charge < -0.3 is 14.6 Å². The molecule has 1 N–H and O–H groups in total. The van der Waals surface area contributed by atoms with Gasteiger partial charge in [-0.2, -0.15) is 0 Å². The van der Waals surface area contributed by atoms with Crippen molar-refractivity contribution < 1.29 is 9.90 Å². The Bertz CT molecular complexity index is 728. The summed E-state index contributed by atoms with van der Waals surface area (Å²) in [5, 5.41) is 10.9. The summed E-state index contributed by atoms with van der Waals surface area (Å²) < 4.78 is 2.12. The second-order valence-corrected chi connectivity index (χ2v) is 7.90. The number of carbonyl (C=O) groups excluding carboxylic acids is 1. The van der Waals surface area contributed by atoms with E-state index in [1.165, 1.54) is 6.42 Å². The Labute approximate surface area is 155 Å². The molecule has 1 aromatic carbocycles. The lowest BCUT2D eigenvalue weighted by molar-refractivity contribution is -0.143. The highest BCUT2D eigenvalue weighted by Gasteiger charge is 2.43. The van der Waals surface area contributed by atoms with Crippen molar-refractivity contribution in [1.29, 1.82) is 0 Å². The third-order valence-corrected chi connectivity index (χ3v) is 6.32. The highest BCUT2D eigenvalue weighted by Crippen LogP contribution is 2.40. The zero-order valence-electron chi connectivity index (χ0n) is 15.3. The summed E-state index contributed by atoms with van der Waals surface area (Å²) >= 11 is 0. The molecule has 1 aliphatic heterocycles. The number of aromatic nitrogens is 1. The third kappa shape index (κ3) is 3.43. The fourth-order valence-electron chi connectivity index (χ4n) is 4.72. The molecule has 2 aromatic rings. The number of benzene rings is 1. The van der Waals surface area contributed by atoms with Gasteiger partial charge in [0.05, 0.1) is 18.1 Å². The van der Waals surface area contributed by atoms with E-state index in [4.69, 9.17) is 0 Å². The van der Waals surface area contributed by atoms with Crippen LogP contribution in [0.2, 0.25) is 0 Å². The maximum Gasteiger partial charge on any atom is 0.225 e. The molecule has 0 spiro atoms. The van der Waals surface area contributed by atoms with Gasteiger partial charge in [0.1, 0.15) is 0 Å². The van der Waals surface area contributed by atoms with Crippen LogP contribution >= 0.6 is 0 Å². The van der Waals surface area contributed by atoms with Crippen LogP contribution in [-0.4, -0.2) is 39.2 Å². The van der Waals surface area contributed by atoms with Crippen molar-refractivity contribution in [3.63, 3.8) is 0 Å². The zero-order chi connectivity index (χ0) is 18.0. The average Bonchev–Trinajstić information content (AvgIpc) is 3.20. The maximum absolute atomic E-state index is 13.1. The lowest BCUT2D eigenvalue weighted by Crippen LogP contribution is -2.54. The van der Waals surface area contributed by atoms with E-state index in [1.807, 2.05) is 47.6 Å². The van der Waals surface area contributed by atoms with Gasteiger partial charge in [0, 0.05) is 31.4 Å². The van der Waals surface area contributed by atoms with Gasteiger partial charge in [-0.05, 0) is 37.0 Å². The first-order chi connectivity index (χ1) is 12.7. The number of piperidine rings is 1. The third-order valence-electron chi connectivity index (χ3n) is 6.32. The van der Waals surface area contributed by atoms with Crippen molar-refractivity contribution in [2.75, 3.05) is 13.1 Å². The first kappa shape index (κ1) is 17.3. The van der Waals surface area contributed by atoms with E-state index in [0.717, 1.165) is 31.2 Å². The first-order valence-electron chi connectivity index (χ1n) is 9.83. The Morgan fingerprint density at radius 2 is 1.88 bits per heavy atom. The molecule has 4 heteroatoms. The first-order valence-corrected chi connectivity index (χ1v) is 9.83. The van der Waals surface area contributed by atoms with Gasteiger partial charge in [0.25, 0.3) is 0 Å². The van der Waals surface area contributed by atoms with Crippen LogP contribution in [0.1, 0.15) is 50.1 Å². The van der Waals surface area contributed by atoms with Crippen LogP contribution in [0.15, 0.2) is 54.9 Å². The highest BCUT2D eigenvalue weighted by atomic mass is 16.3. The summed E-state index contributed by atoms with van der Waals surface area (Å²) in [5.41, 5.74) is 0.622. The van der Waals surface area contributed by atoms with E-state index in [9.17, 15) is 9.90 Å². The number of rotatable bonds is 4. The van der Waals surface area contributed by atoms with Gasteiger partial charge in [0.2, 0.25) is 5.91 Å². The van der Waals surface area contributed by atoms with E-state index >= 15 is 0 Å². The summed E-state index contributed by atoms with van der Waals surface area (Å²) in [5.74, 6) is 0.441. The van der Waals surface area contributed by atoms with Crippen LogP contribution in [0.5, 0.6) is 0 Å². The molecule has 2 heterocycles. The predicted molar refractivity (Wildman–Crippen MR) is 102 cm³/mol. The number of fused-ring (bicyclic) bond motifs is 1. The van der Waals surface area contributed by atoms with Gasteiger partial charge in [-0.3, -0.25) is 4.79 Å². The number of hydrogen-bond acceptors (Lipinski definition) is 2. The quantitative estimate of drug-likeness (QED) is 0.913. The number of carbonyl (C=O) groups is 1. The second-order valence-electron chi connectivity index (χ2n) is 7.90. The molecule has 4 nitrogen and oxygen atoms in total. The van der Waals surface area contributed by atoms with Gasteiger partial charge in [-0.15, -0.1) is 0 Å². The number of hydrogen-bond donors (Lipinski definition) is 1. The Balaban J connectivity index is 1.49. The molecule has 0 unspecified atom stereocenters. The monoisotopic (exact) mass is 352 g/mol. The molecule has 0 radical (unpaired) electrons. The highest BCUT2D eigenvalue weighted by molar-refractivity contribution is 5.77. The predicted octanol–water partition coefficient (Wildman–Crippen LogP) is 3.62. The molecule has 2 fully saturated rings. The number of amides is 1. The summed E-state index contributed by atoms with van der Waals surface area (Å²) in [7, 11) is 0. The fraction of sp³-hybridized carbons (Fsp3) is 0.500. The zero-order valence-corrected chi connectivity index (χ0v) is 15.3. The van der Waals surface area contributed by atoms with E-state index in [1.54, 1.807) is 0 Å². The minimum Gasteiger partial charge on any atom is -0.389 e. The van der Waals surface area contributed by atoms with Crippen molar-refractivity contribution in [3.05, 3.63) is 60.4 Å². The molecule has 26 heavy (non-hydrogen) atoms. The largest absolute Gasteiger partial charge is 0.389 e. The SMILES string of the molecule is O=C(C[C@H](c1ccccc1)n1cccc1)N1CC[C@]2(O)CCCC[C@@H]2C1. The van der Waals surface area contributed by atoms with Crippen LogP contribution in [0.3, 0.4) is 0 Å². The second kappa shape index (κ2) is 7.28. The lowest BCUT2D eigenvalue weighted by atomic mass is 9.71. The molecule has 2 aliphatic rings. The van der Waals surface area contributed by atoms with E-state index in [-0.39, 0.29) is 17.9 Å². The van der Waals surface area contributed by atoms with Crippen molar-refractivity contribution in [1.82, 2.24) is 9.47 Å². The number of likely N-dealkylation sites (tertiary alicyclic amines) is 1. The topological polar surface area (TPSA) is 45.5 Å². The van der Waals surface area contributed by atoms with Crippen LogP contribution in [0.4, 0.5) is 0 Å².